The summed E-state index contributed by atoms with van der Waals surface area (Å²) in [6.07, 6.45) is 2.34. The topological polar surface area (TPSA) is 105 Å². The number of hydrogen-bond donors (Lipinski definition) is 3. The number of rotatable bonds is 12. The molecule has 1 aliphatic rings. The van der Waals surface area contributed by atoms with Gasteiger partial charge in [-0.05, 0) is 35.1 Å². The van der Waals surface area contributed by atoms with Crippen molar-refractivity contribution in [3.05, 3.63) is 59.7 Å². The molecule has 0 spiro atoms. The Morgan fingerprint density at radius 2 is 1.53 bits per heavy atom. The number of carboxylic acids is 1. The first-order chi connectivity index (χ1) is 16.4. The van der Waals surface area contributed by atoms with Gasteiger partial charge in [-0.15, -0.1) is 0 Å². The van der Waals surface area contributed by atoms with E-state index >= 15 is 0 Å². The van der Waals surface area contributed by atoms with Crippen LogP contribution in [0.2, 0.25) is 0 Å². The Balaban J connectivity index is 1.53. The Bertz CT molecular complexity index is 961. The SMILES string of the molecule is CCCC[C@@H](CC(=O)O)NC(=O)CC(CC)NC(=O)OCC1c2ccccc2-c2ccccc21. The van der Waals surface area contributed by atoms with Crippen LogP contribution in [0.5, 0.6) is 0 Å². The molecule has 0 saturated carbocycles. The first-order valence-electron chi connectivity index (χ1n) is 12.1. The lowest BCUT2D eigenvalue weighted by Gasteiger charge is -2.21. The molecule has 2 aromatic rings. The van der Waals surface area contributed by atoms with Gasteiger partial charge in [0, 0.05) is 24.4 Å². The molecule has 2 atom stereocenters. The van der Waals surface area contributed by atoms with Crippen LogP contribution in [0.25, 0.3) is 11.1 Å². The monoisotopic (exact) mass is 466 g/mol. The minimum absolute atomic E-state index is 0.0307. The quantitative estimate of drug-likeness (QED) is 0.415. The normalized spacial score (nSPS) is 13.9. The molecule has 0 saturated heterocycles. The molecule has 182 valence electrons. The van der Waals surface area contributed by atoms with Crippen LogP contribution in [0.1, 0.15) is 69.4 Å². The highest BCUT2D eigenvalue weighted by Crippen LogP contribution is 2.44. The molecule has 1 unspecified atom stereocenters. The summed E-state index contributed by atoms with van der Waals surface area (Å²) in [5, 5.41) is 14.7. The first kappa shape index (κ1) is 25.3. The van der Waals surface area contributed by atoms with Crippen LogP contribution in [-0.2, 0) is 14.3 Å². The van der Waals surface area contributed by atoms with E-state index in [4.69, 9.17) is 9.84 Å². The Kier molecular flexibility index (Phi) is 9.08. The number of nitrogens with one attached hydrogen (secondary N) is 2. The molecular formula is C27H34N2O5. The van der Waals surface area contributed by atoms with Gasteiger partial charge in [0.25, 0.3) is 0 Å². The summed E-state index contributed by atoms with van der Waals surface area (Å²) in [5.41, 5.74) is 4.60. The minimum Gasteiger partial charge on any atom is -0.481 e. The zero-order chi connectivity index (χ0) is 24.5. The molecule has 2 amide bonds. The number of aliphatic carboxylic acids is 1. The number of hydrogen-bond acceptors (Lipinski definition) is 4. The highest BCUT2D eigenvalue weighted by atomic mass is 16.5. The molecule has 0 aromatic heterocycles. The van der Waals surface area contributed by atoms with Crippen LogP contribution in [0, 0.1) is 0 Å². The lowest BCUT2D eigenvalue weighted by atomic mass is 9.98. The van der Waals surface area contributed by atoms with E-state index in [-0.39, 0.29) is 31.3 Å². The summed E-state index contributed by atoms with van der Waals surface area (Å²) in [7, 11) is 0. The van der Waals surface area contributed by atoms with Gasteiger partial charge in [-0.3, -0.25) is 9.59 Å². The number of carboxylic acid groups (broad SMARTS) is 1. The third-order valence-corrected chi connectivity index (χ3v) is 6.28. The fourth-order valence-electron chi connectivity index (χ4n) is 4.50. The predicted octanol–water partition coefficient (Wildman–Crippen LogP) is 4.84. The van der Waals surface area contributed by atoms with E-state index in [0.29, 0.717) is 12.8 Å². The van der Waals surface area contributed by atoms with Crippen molar-refractivity contribution in [1.82, 2.24) is 10.6 Å². The summed E-state index contributed by atoms with van der Waals surface area (Å²) in [6, 6.07) is 15.5. The highest BCUT2D eigenvalue weighted by molar-refractivity contribution is 5.80. The van der Waals surface area contributed by atoms with Crippen LogP contribution in [0.4, 0.5) is 4.79 Å². The van der Waals surface area contributed by atoms with E-state index in [0.717, 1.165) is 35.1 Å². The molecule has 7 heteroatoms. The number of carbonyl (C=O) groups excluding carboxylic acids is 2. The second kappa shape index (κ2) is 12.2. The Morgan fingerprint density at radius 3 is 2.09 bits per heavy atom. The van der Waals surface area contributed by atoms with Gasteiger partial charge in [-0.25, -0.2) is 4.79 Å². The molecule has 3 rings (SSSR count). The van der Waals surface area contributed by atoms with E-state index < -0.39 is 24.1 Å². The molecule has 0 heterocycles. The van der Waals surface area contributed by atoms with E-state index in [1.165, 1.54) is 0 Å². The predicted molar refractivity (Wildman–Crippen MR) is 131 cm³/mol. The zero-order valence-corrected chi connectivity index (χ0v) is 19.9. The molecule has 0 bridgehead atoms. The lowest BCUT2D eigenvalue weighted by molar-refractivity contribution is -0.137. The maximum absolute atomic E-state index is 12.5. The maximum Gasteiger partial charge on any atom is 0.407 e. The van der Waals surface area contributed by atoms with Gasteiger partial charge in [0.15, 0.2) is 0 Å². The number of carbonyl (C=O) groups is 3. The number of alkyl carbamates (subject to hydrolysis) is 1. The van der Waals surface area contributed by atoms with Crippen molar-refractivity contribution < 1.29 is 24.2 Å². The molecular weight excluding hydrogens is 432 g/mol. The second-order valence-electron chi connectivity index (χ2n) is 8.78. The van der Waals surface area contributed by atoms with Gasteiger partial charge in [0.1, 0.15) is 6.61 Å². The standard InChI is InChI=1S/C27H34N2O5/c1-3-5-10-19(16-26(31)32)28-25(30)15-18(4-2)29-27(33)34-17-24-22-13-8-6-11-20(22)21-12-7-9-14-23(21)24/h6-9,11-14,18-19,24H,3-5,10,15-17H2,1-2H3,(H,28,30)(H,29,33)(H,31,32)/t18?,19-/m0/s1. The van der Waals surface area contributed by atoms with E-state index in [1.54, 1.807) is 0 Å². The summed E-state index contributed by atoms with van der Waals surface area (Å²) in [4.78, 5) is 36.1. The summed E-state index contributed by atoms with van der Waals surface area (Å²) >= 11 is 0. The van der Waals surface area contributed by atoms with E-state index in [2.05, 4.69) is 34.9 Å². The van der Waals surface area contributed by atoms with Crippen LogP contribution in [-0.4, -0.2) is 41.8 Å². The van der Waals surface area contributed by atoms with E-state index in [9.17, 15) is 14.4 Å². The molecule has 3 N–H and O–H groups in total. The van der Waals surface area contributed by atoms with Crippen LogP contribution in [0.15, 0.2) is 48.5 Å². The Hall–Kier alpha value is -3.35. The third kappa shape index (κ3) is 6.59. The van der Waals surface area contributed by atoms with Crippen molar-refractivity contribution in [2.75, 3.05) is 6.61 Å². The van der Waals surface area contributed by atoms with Gasteiger partial charge in [0.05, 0.1) is 6.42 Å². The Morgan fingerprint density at radius 1 is 0.912 bits per heavy atom. The van der Waals surface area contributed by atoms with Gasteiger partial charge in [-0.2, -0.15) is 0 Å². The van der Waals surface area contributed by atoms with Crippen molar-refractivity contribution in [1.29, 1.82) is 0 Å². The van der Waals surface area contributed by atoms with E-state index in [1.807, 2.05) is 38.1 Å². The van der Waals surface area contributed by atoms with Crippen molar-refractivity contribution in [3.63, 3.8) is 0 Å². The average molecular weight is 467 g/mol. The number of ether oxygens (including phenoxy) is 1. The smallest absolute Gasteiger partial charge is 0.407 e. The van der Waals surface area contributed by atoms with Gasteiger partial charge in [0.2, 0.25) is 5.91 Å². The molecule has 0 radical (unpaired) electrons. The number of benzene rings is 2. The summed E-state index contributed by atoms with van der Waals surface area (Å²) < 4.78 is 5.58. The first-order valence-corrected chi connectivity index (χ1v) is 12.1. The fraction of sp³-hybridized carbons (Fsp3) is 0.444. The molecule has 7 nitrogen and oxygen atoms in total. The average Bonchev–Trinajstić information content (AvgIpc) is 3.14. The molecule has 0 aliphatic heterocycles. The van der Waals surface area contributed by atoms with Crippen molar-refractivity contribution in [2.24, 2.45) is 0 Å². The molecule has 34 heavy (non-hydrogen) atoms. The van der Waals surface area contributed by atoms with Crippen LogP contribution in [0.3, 0.4) is 0 Å². The summed E-state index contributed by atoms with van der Waals surface area (Å²) in [5.74, 6) is -1.24. The van der Waals surface area contributed by atoms with Crippen LogP contribution < -0.4 is 10.6 Å². The van der Waals surface area contributed by atoms with Crippen LogP contribution >= 0.6 is 0 Å². The zero-order valence-electron chi connectivity index (χ0n) is 19.9. The number of amides is 2. The lowest BCUT2D eigenvalue weighted by Crippen LogP contribution is -2.42. The highest BCUT2D eigenvalue weighted by Gasteiger charge is 2.29. The molecule has 0 fully saturated rings. The van der Waals surface area contributed by atoms with Gasteiger partial charge in [-0.1, -0.05) is 75.2 Å². The van der Waals surface area contributed by atoms with Gasteiger partial charge >= 0.3 is 12.1 Å². The minimum atomic E-state index is -0.940. The second-order valence-corrected chi connectivity index (χ2v) is 8.78. The van der Waals surface area contributed by atoms with Crippen molar-refractivity contribution in [3.8, 4) is 11.1 Å². The van der Waals surface area contributed by atoms with Crippen molar-refractivity contribution >= 4 is 18.0 Å². The molecule has 2 aromatic carbocycles. The maximum atomic E-state index is 12.5. The largest absolute Gasteiger partial charge is 0.481 e. The number of fused-ring (bicyclic) bond motifs is 3. The third-order valence-electron chi connectivity index (χ3n) is 6.28. The molecule has 1 aliphatic carbocycles. The fourth-order valence-corrected chi connectivity index (χ4v) is 4.50. The van der Waals surface area contributed by atoms with Crippen molar-refractivity contribution in [2.45, 2.75) is 70.4 Å². The summed E-state index contributed by atoms with van der Waals surface area (Å²) in [6.45, 7) is 4.11. The number of unbranched alkanes of at least 4 members (excludes halogenated alkanes) is 1. The Labute approximate surface area is 200 Å². The van der Waals surface area contributed by atoms with Gasteiger partial charge < -0.3 is 20.5 Å².